The normalized spacial score (nSPS) is 16.7. The highest BCUT2D eigenvalue weighted by Gasteiger charge is 2.21. The van der Waals surface area contributed by atoms with Crippen molar-refractivity contribution in [1.82, 2.24) is 0 Å². The first-order valence-corrected chi connectivity index (χ1v) is 6.67. The zero-order chi connectivity index (χ0) is 13.1. The van der Waals surface area contributed by atoms with Gasteiger partial charge in [-0.3, -0.25) is 0 Å². The van der Waals surface area contributed by atoms with Gasteiger partial charge in [0.2, 0.25) is 0 Å². The van der Waals surface area contributed by atoms with E-state index >= 15 is 0 Å². The van der Waals surface area contributed by atoms with Crippen LogP contribution >= 0.6 is 0 Å². The summed E-state index contributed by atoms with van der Waals surface area (Å²) in [5, 5.41) is 12.2. The number of aryl methyl sites for hydroxylation is 1. The number of benzene rings is 2. The van der Waals surface area contributed by atoms with Crippen molar-refractivity contribution < 1.29 is 0 Å². The van der Waals surface area contributed by atoms with Gasteiger partial charge in [0.25, 0.3) is 0 Å². The van der Waals surface area contributed by atoms with E-state index in [0.29, 0.717) is 12.5 Å². The maximum absolute atomic E-state index is 8.66. The number of nitrogens with one attached hydrogen (secondary N) is 1. The third-order valence-electron chi connectivity index (χ3n) is 3.71. The first-order valence-electron chi connectivity index (χ1n) is 6.67. The Morgan fingerprint density at radius 3 is 2.68 bits per heavy atom. The summed E-state index contributed by atoms with van der Waals surface area (Å²) in [6, 6.07) is 19.4. The lowest BCUT2D eigenvalue weighted by Gasteiger charge is -2.15. The molecule has 19 heavy (non-hydrogen) atoms. The van der Waals surface area contributed by atoms with Gasteiger partial charge in [-0.1, -0.05) is 36.4 Å². The van der Waals surface area contributed by atoms with Gasteiger partial charge in [-0.15, -0.1) is 0 Å². The minimum absolute atomic E-state index is 0.415. The Morgan fingerprint density at radius 2 is 1.89 bits per heavy atom. The van der Waals surface area contributed by atoms with Crippen LogP contribution in [0.5, 0.6) is 0 Å². The Balaban J connectivity index is 1.74. The van der Waals surface area contributed by atoms with E-state index in [1.54, 1.807) is 0 Å². The summed E-state index contributed by atoms with van der Waals surface area (Å²) in [6.07, 6.45) is 2.78. The lowest BCUT2D eigenvalue weighted by molar-refractivity contribution is 0.762. The van der Waals surface area contributed by atoms with Gasteiger partial charge in [-0.25, -0.2) is 0 Å². The predicted molar refractivity (Wildman–Crippen MR) is 76.9 cm³/mol. The third kappa shape index (κ3) is 2.46. The molecule has 2 nitrogen and oxygen atoms in total. The van der Waals surface area contributed by atoms with Crippen LogP contribution in [0.15, 0.2) is 48.5 Å². The highest BCUT2D eigenvalue weighted by Crippen LogP contribution is 2.33. The molecule has 2 aromatic rings. The predicted octanol–water partition coefficient (Wildman–Crippen LogP) is 3.85. The van der Waals surface area contributed by atoms with Gasteiger partial charge in [-0.2, -0.15) is 5.26 Å². The van der Waals surface area contributed by atoms with E-state index in [2.05, 4.69) is 47.8 Å². The molecule has 1 aliphatic carbocycles. The second-order valence-corrected chi connectivity index (χ2v) is 4.97. The molecule has 0 aliphatic heterocycles. The molecule has 0 heterocycles. The average Bonchev–Trinajstić information content (AvgIpc) is 2.85. The van der Waals surface area contributed by atoms with Crippen LogP contribution in [0, 0.1) is 11.3 Å². The molecule has 0 saturated heterocycles. The average molecular weight is 248 g/mol. The minimum Gasteiger partial charge on any atom is -0.378 e. The van der Waals surface area contributed by atoms with Crippen LogP contribution in [0.1, 0.15) is 29.2 Å². The molecule has 1 unspecified atom stereocenters. The maximum atomic E-state index is 8.66. The molecule has 1 N–H and O–H groups in total. The summed E-state index contributed by atoms with van der Waals surface area (Å²) in [6.45, 7) is 0. The van der Waals surface area contributed by atoms with Crippen molar-refractivity contribution >= 4 is 5.69 Å². The Bertz CT molecular complexity index is 608. The Hall–Kier alpha value is -2.27. The zero-order valence-corrected chi connectivity index (χ0v) is 10.8. The number of rotatable bonds is 3. The van der Waals surface area contributed by atoms with Crippen LogP contribution in [-0.4, -0.2) is 0 Å². The van der Waals surface area contributed by atoms with Crippen molar-refractivity contribution in [3.63, 3.8) is 0 Å². The largest absolute Gasteiger partial charge is 0.378 e. The van der Waals surface area contributed by atoms with Gasteiger partial charge in [0.15, 0.2) is 0 Å². The van der Waals surface area contributed by atoms with E-state index in [0.717, 1.165) is 24.1 Å². The second kappa shape index (κ2) is 5.16. The molecule has 0 fully saturated rings. The SMILES string of the molecule is N#CCc1ccc(NC2CCc3ccccc32)cc1. The van der Waals surface area contributed by atoms with Crippen molar-refractivity contribution in [2.45, 2.75) is 25.3 Å². The molecule has 2 heteroatoms. The van der Waals surface area contributed by atoms with E-state index in [9.17, 15) is 0 Å². The molecule has 94 valence electrons. The van der Waals surface area contributed by atoms with Crippen LogP contribution in [-0.2, 0) is 12.8 Å². The van der Waals surface area contributed by atoms with Gasteiger partial charge < -0.3 is 5.32 Å². The summed E-state index contributed by atoms with van der Waals surface area (Å²) >= 11 is 0. The van der Waals surface area contributed by atoms with Gasteiger partial charge in [0.05, 0.1) is 18.5 Å². The fourth-order valence-electron chi connectivity index (χ4n) is 2.72. The monoisotopic (exact) mass is 248 g/mol. The lowest BCUT2D eigenvalue weighted by Crippen LogP contribution is -2.06. The number of anilines is 1. The molecule has 0 spiro atoms. The van der Waals surface area contributed by atoms with Crippen LogP contribution in [0.2, 0.25) is 0 Å². The fraction of sp³-hybridized carbons (Fsp3) is 0.235. The molecular weight excluding hydrogens is 232 g/mol. The van der Waals surface area contributed by atoms with Crippen LogP contribution in [0.3, 0.4) is 0 Å². The number of fused-ring (bicyclic) bond motifs is 1. The molecule has 2 aromatic carbocycles. The van der Waals surface area contributed by atoms with Crippen LogP contribution in [0.25, 0.3) is 0 Å². The number of nitrogens with zero attached hydrogens (tertiary/aromatic N) is 1. The van der Waals surface area contributed by atoms with Gasteiger partial charge in [0.1, 0.15) is 0 Å². The van der Waals surface area contributed by atoms with Gasteiger partial charge in [0, 0.05) is 5.69 Å². The Kier molecular flexibility index (Phi) is 3.20. The topological polar surface area (TPSA) is 35.8 Å². The molecule has 0 amide bonds. The molecule has 1 aliphatic rings. The van der Waals surface area contributed by atoms with E-state index in [1.807, 2.05) is 12.1 Å². The van der Waals surface area contributed by atoms with Gasteiger partial charge >= 0.3 is 0 Å². The molecule has 0 saturated carbocycles. The van der Waals surface area contributed by atoms with E-state index in [-0.39, 0.29) is 0 Å². The first-order chi connectivity index (χ1) is 9.36. The third-order valence-corrected chi connectivity index (χ3v) is 3.71. The summed E-state index contributed by atoms with van der Waals surface area (Å²) in [5.41, 5.74) is 5.08. The number of hydrogen-bond donors (Lipinski definition) is 1. The second-order valence-electron chi connectivity index (χ2n) is 4.97. The lowest BCUT2D eigenvalue weighted by atomic mass is 10.1. The molecular formula is C17H16N2. The van der Waals surface area contributed by atoms with Crippen molar-refractivity contribution in [2.75, 3.05) is 5.32 Å². The number of nitriles is 1. The molecule has 1 atom stereocenters. The molecule has 0 aromatic heterocycles. The van der Waals surface area contributed by atoms with Crippen LogP contribution < -0.4 is 5.32 Å². The van der Waals surface area contributed by atoms with Crippen molar-refractivity contribution in [1.29, 1.82) is 5.26 Å². The quantitative estimate of drug-likeness (QED) is 0.895. The Morgan fingerprint density at radius 1 is 1.11 bits per heavy atom. The maximum Gasteiger partial charge on any atom is 0.0669 e. The van der Waals surface area contributed by atoms with Crippen molar-refractivity contribution in [3.8, 4) is 6.07 Å². The first kappa shape index (κ1) is 11.8. The molecule has 0 bridgehead atoms. The van der Waals surface area contributed by atoms with E-state index in [4.69, 9.17) is 5.26 Å². The standard InChI is InChI=1S/C17H16N2/c18-12-11-13-5-8-15(9-6-13)19-17-10-7-14-3-1-2-4-16(14)17/h1-6,8-9,17,19H,7,10-11H2. The summed E-state index contributed by atoms with van der Waals surface area (Å²) < 4.78 is 0. The molecule has 3 rings (SSSR count). The van der Waals surface area contributed by atoms with Gasteiger partial charge in [-0.05, 0) is 41.7 Å². The summed E-state index contributed by atoms with van der Waals surface area (Å²) in [5.74, 6) is 0. The fourth-order valence-corrected chi connectivity index (χ4v) is 2.72. The van der Waals surface area contributed by atoms with Crippen LogP contribution in [0.4, 0.5) is 5.69 Å². The van der Waals surface area contributed by atoms with Crippen molar-refractivity contribution in [3.05, 3.63) is 65.2 Å². The Labute approximate surface area is 113 Å². The smallest absolute Gasteiger partial charge is 0.0669 e. The zero-order valence-electron chi connectivity index (χ0n) is 10.8. The highest BCUT2D eigenvalue weighted by molar-refractivity contribution is 5.49. The summed E-state index contributed by atoms with van der Waals surface area (Å²) in [4.78, 5) is 0. The number of hydrogen-bond acceptors (Lipinski definition) is 2. The summed E-state index contributed by atoms with van der Waals surface area (Å²) in [7, 11) is 0. The van der Waals surface area contributed by atoms with Crippen molar-refractivity contribution in [2.24, 2.45) is 0 Å². The highest BCUT2D eigenvalue weighted by atomic mass is 14.9. The van der Waals surface area contributed by atoms with E-state index in [1.165, 1.54) is 11.1 Å². The minimum atomic E-state index is 0.415. The van der Waals surface area contributed by atoms with E-state index < -0.39 is 0 Å². The molecule has 0 radical (unpaired) electrons.